The van der Waals surface area contributed by atoms with Gasteiger partial charge in [0.1, 0.15) is 5.75 Å². The normalized spacial score (nSPS) is 12.2. The Morgan fingerprint density at radius 2 is 1.58 bits per heavy atom. The van der Waals surface area contributed by atoms with Gasteiger partial charge >= 0.3 is 12.5 Å². The molecule has 0 heterocycles. The number of rotatable bonds is 6. The van der Waals surface area contributed by atoms with Crippen molar-refractivity contribution in [2.45, 2.75) is 19.0 Å². The van der Waals surface area contributed by atoms with Gasteiger partial charge in [0.25, 0.3) is 0 Å². The molecule has 3 aromatic rings. The fourth-order valence-electron chi connectivity index (χ4n) is 2.83. The van der Waals surface area contributed by atoms with E-state index < -0.39 is 23.9 Å². The zero-order valence-corrected chi connectivity index (χ0v) is 16.7. The quantitative estimate of drug-likeness (QED) is 0.257. The van der Waals surface area contributed by atoms with Crippen molar-refractivity contribution >= 4 is 11.4 Å². The van der Waals surface area contributed by atoms with Crippen molar-refractivity contribution in [3.05, 3.63) is 95.1 Å². The minimum Gasteiger partial charge on any atom is -0.406 e. The molecule has 0 radical (unpaired) electrons. The summed E-state index contributed by atoms with van der Waals surface area (Å²) in [7, 11) is 0. The summed E-state index contributed by atoms with van der Waals surface area (Å²) in [4.78, 5) is 0. The third-order valence-corrected chi connectivity index (χ3v) is 4.39. The summed E-state index contributed by atoms with van der Waals surface area (Å²) in [5.74, 6) is -0.423. The van der Waals surface area contributed by atoms with Gasteiger partial charge in [0.2, 0.25) is 0 Å². The summed E-state index contributed by atoms with van der Waals surface area (Å²) in [6, 6.07) is 17.8. The Balaban J connectivity index is 1.89. The van der Waals surface area contributed by atoms with Gasteiger partial charge in [-0.3, -0.25) is 5.43 Å². The van der Waals surface area contributed by atoms with Gasteiger partial charge in [0, 0.05) is 6.42 Å². The number of halogens is 6. The van der Waals surface area contributed by atoms with Crippen molar-refractivity contribution in [3.8, 4) is 11.8 Å². The number of nitriles is 1. The second kappa shape index (κ2) is 9.65. The molecular formula is C23H15F6N3O. The fraction of sp³-hybridized carbons (Fsp3) is 0.130. The van der Waals surface area contributed by atoms with Crippen molar-refractivity contribution in [2.75, 3.05) is 5.43 Å². The minimum atomic E-state index is -4.83. The summed E-state index contributed by atoms with van der Waals surface area (Å²) >= 11 is 0. The fourth-order valence-corrected chi connectivity index (χ4v) is 2.83. The number of alkyl halides is 6. The van der Waals surface area contributed by atoms with E-state index in [0.29, 0.717) is 16.8 Å². The Labute approximate surface area is 184 Å². The molecule has 0 fully saturated rings. The molecule has 0 bridgehead atoms. The Bertz CT molecular complexity index is 1160. The van der Waals surface area contributed by atoms with E-state index in [9.17, 15) is 26.3 Å². The lowest BCUT2D eigenvalue weighted by molar-refractivity contribution is -0.274. The monoisotopic (exact) mass is 463 g/mol. The predicted molar refractivity (Wildman–Crippen MR) is 110 cm³/mol. The van der Waals surface area contributed by atoms with E-state index in [0.717, 1.165) is 24.3 Å². The summed E-state index contributed by atoms with van der Waals surface area (Å²) in [5, 5.41) is 13.1. The molecule has 1 N–H and O–H groups in total. The number of hydrogen-bond acceptors (Lipinski definition) is 4. The van der Waals surface area contributed by atoms with E-state index >= 15 is 0 Å². The molecule has 0 atom stereocenters. The van der Waals surface area contributed by atoms with Gasteiger partial charge in [-0.25, -0.2) is 0 Å². The predicted octanol–water partition coefficient (Wildman–Crippen LogP) is 6.53. The lowest BCUT2D eigenvalue weighted by atomic mass is 9.99. The van der Waals surface area contributed by atoms with Crippen molar-refractivity contribution in [1.82, 2.24) is 0 Å². The highest BCUT2D eigenvalue weighted by Gasteiger charge is 2.31. The van der Waals surface area contributed by atoms with Crippen LogP contribution in [0.4, 0.5) is 32.0 Å². The molecule has 0 aliphatic rings. The zero-order chi connectivity index (χ0) is 24.1. The van der Waals surface area contributed by atoms with Crippen LogP contribution in [0.3, 0.4) is 0 Å². The summed E-state index contributed by atoms with van der Waals surface area (Å²) < 4.78 is 80.2. The average molecular weight is 463 g/mol. The number of nitrogens with zero attached hydrogens (tertiary/aromatic N) is 2. The van der Waals surface area contributed by atoms with Gasteiger partial charge in [-0.05, 0) is 59.7 Å². The van der Waals surface area contributed by atoms with E-state index in [1.165, 1.54) is 24.3 Å². The van der Waals surface area contributed by atoms with Crippen molar-refractivity contribution in [2.24, 2.45) is 5.10 Å². The molecular weight excluding hydrogens is 448 g/mol. The second-order valence-corrected chi connectivity index (χ2v) is 6.81. The van der Waals surface area contributed by atoms with Crippen LogP contribution in [0.15, 0.2) is 77.9 Å². The maximum atomic E-state index is 13.2. The van der Waals surface area contributed by atoms with Crippen LogP contribution in [0.25, 0.3) is 0 Å². The van der Waals surface area contributed by atoms with E-state index in [-0.39, 0.29) is 17.7 Å². The molecule has 0 aromatic heterocycles. The molecule has 0 saturated carbocycles. The number of anilines is 1. The van der Waals surface area contributed by atoms with Gasteiger partial charge in [-0.1, -0.05) is 24.3 Å². The molecule has 0 amide bonds. The number of nitrogens with one attached hydrogen (secondary N) is 1. The average Bonchev–Trinajstić information content (AvgIpc) is 2.76. The second-order valence-electron chi connectivity index (χ2n) is 6.81. The largest absolute Gasteiger partial charge is 0.573 e. The number of hydrogen-bond donors (Lipinski definition) is 1. The molecule has 3 rings (SSSR count). The Morgan fingerprint density at radius 1 is 0.909 bits per heavy atom. The van der Waals surface area contributed by atoms with Crippen LogP contribution in [0.1, 0.15) is 22.3 Å². The first-order valence-electron chi connectivity index (χ1n) is 9.38. The van der Waals surface area contributed by atoms with Crippen molar-refractivity contribution < 1.29 is 31.1 Å². The van der Waals surface area contributed by atoms with Crippen LogP contribution in [0.5, 0.6) is 5.75 Å². The molecule has 33 heavy (non-hydrogen) atoms. The van der Waals surface area contributed by atoms with Crippen LogP contribution < -0.4 is 10.2 Å². The first kappa shape index (κ1) is 23.7. The molecule has 0 aliphatic heterocycles. The third-order valence-electron chi connectivity index (χ3n) is 4.39. The third kappa shape index (κ3) is 7.00. The maximum absolute atomic E-state index is 13.2. The summed E-state index contributed by atoms with van der Waals surface area (Å²) in [6.45, 7) is 0. The van der Waals surface area contributed by atoms with Crippen LogP contribution in [-0.2, 0) is 12.6 Å². The van der Waals surface area contributed by atoms with Gasteiger partial charge in [-0.2, -0.15) is 23.5 Å². The van der Waals surface area contributed by atoms with Crippen LogP contribution in [-0.4, -0.2) is 12.1 Å². The van der Waals surface area contributed by atoms with Crippen molar-refractivity contribution in [3.63, 3.8) is 0 Å². The standard InChI is InChI=1S/C23H15F6N3O/c24-22(25,26)18-3-1-2-17(13-18)21(12-15-4-6-16(14-30)7-5-15)32-31-19-8-10-20(11-9-19)33-23(27,28)29/h1-11,13,31H,12H2/b32-21-. The molecule has 4 nitrogen and oxygen atoms in total. The first-order chi connectivity index (χ1) is 15.5. The Kier molecular flexibility index (Phi) is 6.92. The summed E-state index contributed by atoms with van der Waals surface area (Å²) in [6.07, 6.45) is -9.24. The van der Waals surface area contributed by atoms with E-state index in [4.69, 9.17) is 5.26 Å². The SMILES string of the molecule is N#Cc1ccc(C/C(=N/Nc2ccc(OC(F)(F)F)cc2)c2cccc(C(F)(F)F)c2)cc1. The number of hydrazone groups is 1. The highest BCUT2D eigenvalue weighted by molar-refractivity contribution is 6.02. The Hall–Kier alpha value is -4.00. The molecule has 0 aliphatic carbocycles. The maximum Gasteiger partial charge on any atom is 0.573 e. The highest BCUT2D eigenvalue weighted by Crippen LogP contribution is 2.30. The molecule has 10 heteroatoms. The molecule has 0 spiro atoms. The van der Waals surface area contributed by atoms with Crippen molar-refractivity contribution in [1.29, 1.82) is 5.26 Å². The minimum absolute atomic E-state index is 0.134. The van der Waals surface area contributed by atoms with Gasteiger partial charge in [0.15, 0.2) is 0 Å². The number of benzene rings is 3. The summed E-state index contributed by atoms with van der Waals surface area (Å²) in [5.41, 5.74) is 3.69. The van der Waals surface area contributed by atoms with Crippen LogP contribution >= 0.6 is 0 Å². The van der Waals surface area contributed by atoms with Gasteiger partial charge in [0.05, 0.1) is 28.6 Å². The van der Waals surface area contributed by atoms with Gasteiger partial charge in [-0.15, -0.1) is 13.2 Å². The Morgan fingerprint density at radius 3 is 2.15 bits per heavy atom. The lowest BCUT2D eigenvalue weighted by Crippen LogP contribution is -2.17. The molecule has 170 valence electrons. The molecule has 0 saturated heterocycles. The zero-order valence-electron chi connectivity index (χ0n) is 16.7. The highest BCUT2D eigenvalue weighted by atomic mass is 19.4. The van der Waals surface area contributed by atoms with E-state index in [1.807, 2.05) is 6.07 Å². The first-order valence-corrected chi connectivity index (χ1v) is 9.38. The van der Waals surface area contributed by atoms with Crippen LogP contribution in [0.2, 0.25) is 0 Å². The topological polar surface area (TPSA) is 57.4 Å². The number of ether oxygens (including phenoxy) is 1. The van der Waals surface area contributed by atoms with E-state index in [2.05, 4.69) is 15.3 Å². The molecule has 0 unspecified atom stereocenters. The molecule has 3 aromatic carbocycles. The van der Waals surface area contributed by atoms with Crippen LogP contribution in [0, 0.1) is 11.3 Å². The van der Waals surface area contributed by atoms with Gasteiger partial charge < -0.3 is 4.74 Å². The lowest BCUT2D eigenvalue weighted by Gasteiger charge is -2.12. The van der Waals surface area contributed by atoms with E-state index in [1.54, 1.807) is 24.3 Å². The smallest absolute Gasteiger partial charge is 0.406 e.